The third kappa shape index (κ3) is 5.53. The molecule has 3 rings (SSSR count). The first-order valence-corrected chi connectivity index (χ1v) is 10.8. The first-order chi connectivity index (χ1) is 14.3. The Morgan fingerprint density at radius 2 is 2.10 bits per heavy atom. The van der Waals surface area contributed by atoms with Gasteiger partial charge in [0.15, 0.2) is 0 Å². The number of hydrogen-bond acceptors (Lipinski definition) is 5. The summed E-state index contributed by atoms with van der Waals surface area (Å²) in [5, 5.41) is 5.86. The standard InChI is InChI=1S/C21H25F2N3O3S/c1-13(2)19-25-15(12-30-19)10-24-18(27)14-6-5-9-26(11-14)20(28)16-7-3-4-8-17(16)29-21(22)23/h3-4,7-8,12-14,21H,5-6,9-11H2,1-2H3,(H,24,27). The van der Waals surface area contributed by atoms with Crippen LogP contribution in [0.4, 0.5) is 8.78 Å². The number of rotatable bonds is 7. The maximum Gasteiger partial charge on any atom is 0.387 e. The fourth-order valence-electron chi connectivity index (χ4n) is 3.38. The Labute approximate surface area is 178 Å². The molecule has 30 heavy (non-hydrogen) atoms. The van der Waals surface area contributed by atoms with E-state index >= 15 is 0 Å². The third-order valence-electron chi connectivity index (χ3n) is 4.92. The van der Waals surface area contributed by atoms with Crippen LogP contribution in [0.5, 0.6) is 5.75 Å². The van der Waals surface area contributed by atoms with Crippen molar-refractivity contribution >= 4 is 23.2 Å². The van der Waals surface area contributed by atoms with Crippen molar-refractivity contribution in [3.05, 3.63) is 45.9 Å². The molecule has 162 valence electrons. The van der Waals surface area contributed by atoms with E-state index in [9.17, 15) is 18.4 Å². The van der Waals surface area contributed by atoms with Crippen molar-refractivity contribution in [2.24, 2.45) is 5.92 Å². The number of likely N-dealkylation sites (tertiary alicyclic amines) is 1. The van der Waals surface area contributed by atoms with Crippen LogP contribution in [0.25, 0.3) is 0 Å². The molecule has 0 radical (unpaired) electrons. The summed E-state index contributed by atoms with van der Waals surface area (Å²) in [7, 11) is 0. The van der Waals surface area contributed by atoms with Crippen LogP contribution in [-0.4, -0.2) is 41.4 Å². The van der Waals surface area contributed by atoms with Crippen LogP contribution in [0, 0.1) is 5.92 Å². The van der Waals surface area contributed by atoms with Crippen LogP contribution in [0.3, 0.4) is 0 Å². The number of piperidine rings is 1. The van der Waals surface area contributed by atoms with Gasteiger partial charge in [-0.3, -0.25) is 9.59 Å². The Morgan fingerprint density at radius 1 is 1.33 bits per heavy atom. The van der Waals surface area contributed by atoms with Crippen LogP contribution >= 0.6 is 11.3 Å². The molecule has 0 aliphatic carbocycles. The van der Waals surface area contributed by atoms with E-state index in [1.165, 1.54) is 23.1 Å². The highest BCUT2D eigenvalue weighted by Crippen LogP contribution is 2.25. The van der Waals surface area contributed by atoms with Gasteiger partial charge in [0.2, 0.25) is 5.91 Å². The Hall–Kier alpha value is -2.55. The average Bonchev–Trinajstić information content (AvgIpc) is 3.21. The van der Waals surface area contributed by atoms with E-state index < -0.39 is 12.5 Å². The predicted molar refractivity (Wildman–Crippen MR) is 110 cm³/mol. The van der Waals surface area contributed by atoms with Gasteiger partial charge in [-0.15, -0.1) is 11.3 Å². The number of amides is 2. The second-order valence-electron chi connectivity index (χ2n) is 7.51. The van der Waals surface area contributed by atoms with Crippen LogP contribution in [-0.2, 0) is 11.3 Å². The normalized spacial score (nSPS) is 16.7. The zero-order valence-electron chi connectivity index (χ0n) is 16.9. The monoisotopic (exact) mass is 437 g/mol. The van der Waals surface area contributed by atoms with Crippen molar-refractivity contribution in [2.75, 3.05) is 13.1 Å². The van der Waals surface area contributed by atoms with Gasteiger partial charge in [0, 0.05) is 24.4 Å². The van der Waals surface area contributed by atoms with Gasteiger partial charge in [-0.25, -0.2) is 4.98 Å². The van der Waals surface area contributed by atoms with Gasteiger partial charge < -0.3 is 15.0 Å². The molecule has 1 aliphatic rings. The fourth-order valence-corrected chi connectivity index (χ4v) is 4.21. The van der Waals surface area contributed by atoms with Crippen molar-refractivity contribution in [2.45, 2.75) is 45.8 Å². The molecule has 6 nitrogen and oxygen atoms in total. The summed E-state index contributed by atoms with van der Waals surface area (Å²) in [6.45, 7) is 2.17. The summed E-state index contributed by atoms with van der Waals surface area (Å²) in [5.74, 6) is -0.717. The quantitative estimate of drug-likeness (QED) is 0.710. The number of carbonyl (C=O) groups excluding carboxylic acids is 2. The van der Waals surface area contributed by atoms with Crippen LogP contribution in [0.1, 0.15) is 53.7 Å². The molecule has 2 amide bonds. The lowest BCUT2D eigenvalue weighted by molar-refractivity contribution is -0.126. The Kier molecular flexibility index (Phi) is 7.36. The Bertz CT molecular complexity index is 888. The molecule has 1 fully saturated rings. The summed E-state index contributed by atoms with van der Waals surface area (Å²) >= 11 is 1.57. The lowest BCUT2D eigenvalue weighted by atomic mass is 9.96. The molecule has 2 aromatic rings. The van der Waals surface area contributed by atoms with E-state index in [1.54, 1.807) is 17.4 Å². The van der Waals surface area contributed by atoms with Gasteiger partial charge in [0.05, 0.1) is 28.7 Å². The molecule has 1 aromatic carbocycles. The molecule has 1 atom stereocenters. The van der Waals surface area contributed by atoms with Crippen molar-refractivity contribution in [3.8, 4) is 5.75 Å². The highest BCUT2D eigenvalue weighted by Gasteiger charge is 2.30. The Morgan fingerprint density at radius 3 is 2.80 bits per heavy atom. The minimum atomic E-state index is -3.01. The van der Waals surface area contributed by atoms with Gasteiger partial charge in [-0.1, -0.05) is 26.0 Å². The summed E-state index contributed by atoms with van der Waals surface area (Å²) in [5.41, 5.74) is 0.890. The minimum Gasteiger partial charge on any atom is -0.434 e. The van der Waals surface area contributed by atoms with Crippen molar-refractivity contribution in [1.82, 2.24) is 15.2 Å². The molecule has 1 N–H and O–H groups in total. The number of benzene rings is 1. The number of halogens is 2. The van der Waals surface area contributed by atoms with Crippen molar-refractivity contribution in [1.29, 1.82) is 0 Å². The lowest BCUT2D eigenvalue weighted by Gasteiger charge is -2.32. The average molecular weight is 438 g/mol. The number of thiazole rings is 1. The highest BCUT2D eigenvalue weighted by molar-refractivity contribution is 7.09. The van der Waals surface area contributed by atoms with Gasteiger partial charge in [-0.2, -0.15) is 8.78 Å². The number of hydrogen-bond donors (Lipinski definition) is 1. The van der Waals surface area contributed by atoms with E-state index in [0.717, 1.165) is 10.7 Å². The molecule has 1 aromatic heterocycles. The number of nitrogens with zero attached hydrogens (tertiary/aromatic N) is 2. The van der Waals surface area contributed by atoms with E-state index in [0.29, 0.717) is 31.8 Å². The zero-order valence-corrected chi connectivity index (χ0v) is 17.8. The summed E-state index contributed by atoms with van der Waals surface area (Å²) in [4.78, 5) is 31.5. The topological polar surface area (TPSA) is 71.5 Å². The van der Waals surface area contributed by atoms with Crippen LogP contribution < -0.4 is 10.1 Å². The molecular formula is C21H25F2N3O3S. The number of para-hydroxylation sites is 1. The van der Waals surface area contributed by atoms with E-state index in [-0.39, 0.29) is 29.7 Å². The molecule has 2 heterocycles. The summed E-state index contributed by atoms with van der Waals surface area (Å²) in [6.07, 6.45) is 1.33. The van der Waals surface area contributed by atoms with Gasteiger partial charge in [-0.05, 0) is 25.0 Å². The zero-order chi connectivity index (χ0) is 21.7. The molecule has 1 unspecified atom stereocenters. The minimum absolute atomic E-state index is 0.0718. The smallest absolute Gasteiger partial charge is 0.387 e. The first-order valence-electron chi connectivity index (χ1n) is 9.90. The van der Waals surface area contributed by atoms with Gasteiger partial charge >= 0.3 is 6.61 Å². The van der Waals surface area contributed by atoms with Gasteiger partial charge in [0.1, 0.15) is 5.75 Å². The predicted octanol–water partition coefficient (Wildman–Crippen LogP) is 4.04. The maximum absolute atomic E-state index is 12.9. The Balaban J connectivity index is 1.60. The van der Waals surface area contributed by atoms with E-state index in [2.05, 4.69) is 28.9 Å². The van der Waals surface area contributed by atoms with Crippen molar-refractivity contribution < 1.29 is 23.1 Å². The highest BCUT2D eigenvalue weighted by atomic mass is 32.1. The second-order valence-corrected chi connectivity index (χ2v) is 8.40. The summed E-state index contributed by atoms with van der Waals surface area (Å²) in [6, 6.07) is 5.92. The SMILES string of the molecule is CC(C)c1nc(CNC(=O)C2CCCN(C(=O)c3ccccc3OC(F)F)C2)cs1. The molecule has 1 saturated heterocycles. The maximum atomic E-state index is 12.9. The number of carbonyl (C=O) groups is 2. The molecular weight excluding hydrogens is 412 g/mol. The third-order valence-corrected chi connectivity index (χ3v) is 6.11. The number of nitrogens with one attached hydrogen (secondary N) is 1. The van der Waals surface area contributed by atoms with E-state index in [4.69, 9.17) is 0 Å². The van der Waals surface area contributed by atoms with Gasteiger partial charge in [0.25, 0.3) is 5.91 Å². The molecule has 0 spiro atoms. The number of ether oxygens (including phenoxy) is 1. The molecule has 0 saturated carbocycles. The molecule has 0 bridgehead atoms. The molecule has 1 aliphatic heterocycles. The van der Waals surface area contributed by atoms with E-state index in [1.807, 2.05) is 5.38 Å². The number of alkyl halides is 2. The second kappa shape index (κ2) is 9.97. The van der Waals surface area contributed by atoms with Crippen LogP contribution in [0.15, 0.2) is 29.6 Å². The lowest BCUT2D eigenvalue weighted by Crippen LogP contribution is -2.45. The number of aromatic nitrogens is 1. The fraction of sp³-hybridized carbons (Fsp3) is 0.476. The van der Waals surface area contributed by atoms with Crippen LogP contribution in [0.2, 0.25) is 0 Å². The largest absolute Gasteiger partial charge is 0.434 e. The summed E-state index contributed by atoms with van der Waals surface area (Å²) < 4.78 is 29.8. The van der Waals surface area contributed by atoms with Crippen molar-refractivity contribution in [3.63, 3.8) is 0 Å². The first kappa shape index (κ1) is 22.1. The molecule has 9 heteroatoms.